The molecule has 45 heavy (non-hydrogen) atoms. The van der Waals surface area contributed by atoms with Crippen molar-refractivity contribution in [1.29, 1.82) is 0 Å². The third-order valence-electron chi connectivity index (χ3n) is 13.1. The van der Waals surface area contributed by atoms with Gasteiger partial charge in [-0.2, -0.15) is 5.10 Å². The summed E-state index contributed by atoms with van der Waals surface area (Å²) in [6.07, 6.45) is 5.57. The standard InChI is InChI=1S/C35H44FN3O6/c1-6-38(5)30(41)22-8-7-9-25(13-22)39-28-14-24-10-11-26-27-12-21(2)35(33(44-20-45-35)18-42-19-43-33)32(27,4)16-29(40)34(26,36)31(24,3)15-23(28)17-37-39/h7-9,13-14,17,21,26-27,29,40H,6,10-12,15-16,18-20H2,1-5H3/t21-,26-,27-,29-,31-,32-,33?,34-,35+/m0/s1. The molecule has 2 aliphatic heterocycles. The first-order chi connectivity index (χ1) is 21.5. The molecule has 6 aliphatic rings. The van der Waals surface area contributed by atoms with Crippen LogP contribution in [0.4, 0.5) is 4.39 Å². The molecule has 1 aromatic heterocycles. The maximum atomic E-state index is 18.3. The van der Waals surface area contributed by atoms with E-state index in [1.807, 2.05) is 49.0 Å². The molecule has 9 nitrogen and oxygen atoms in total. The molecule has 1 amide bonds. The average Bonchev–Trinajstić information content (AvgIpc) is 3.81. The smallest absolute Gasteiger partial charge is 0.253 e. The molecule has 2 aromatic rings. The number of hydrogen-bond acceptors (Lipinski definition) is 7. The van der Waals surface area contributed by atoms with Crippen LogP contribution >= 0.6 is 0 Å². The number of benzene rings is 1. The molecule has 4 aliphatic carbocycles. The van der Waals surface area contributed by atoms with E-state index in [0.717, 1.165) is 35.4 Å². The maximum Gasteiger partial charge on any atom is 0.253 e. The van der Waals surface area contributed by atoms with Gasteiger partial charge in [-0.1, -0.05) is 32.4 Å². The fraction of sp³-hybridized carbons (Fsp3) is 0.657. The summed E-state index contributed by atoms with van der Waals surface area (Å²) in [5.41, 5.74) is 0.151. The Balaban J connectivity index is 1.16. The van der Waals surface area contributed by atoms with E-state index >= 15 is 4.39 Å². The van der Waals surface area contributed by atoms with Crippen LogP contribution in [0.5, 0.6) is 0 Å². The molecule has 9 atom stereocenters. The quantitative estimate of drug-likeness (QED) is 0.521. The number of aromatic nitrogens is 2. The Morgan fingerprint density at radius 1 is 1.20 bits per heavy atom. The second kappa shape index (κ2) is 9.70. The lowest BCUT2D eigenvalue weighted by Gasteiger charge is -2.64. The summed E-state index contributed by atoms with van der Waals surface area (Å²) in [5, 5.41) is 16.8. The minimum atomic E-state index is -1.83. The van der Waals surface area contributed by atoms with Crippen molar-refractivity contribution < 1.29 is 33.2 Å². The Kier molecular flexibility index (Phi) is 6.41. The van der Waals surface area contributed by atoms with Gasteiger partial charge < -0.3 is 29.0 Å². The molecule has 2 saturated heterocycles. The van der Waals surface area contributed by atoms with Crippen molar-refractivity contribution in [1.82, 2.24) is 14.7 Å². The highest BCUT2D eigenvalue weighted by atomic mass is 19.1. The molecule has 242 valence electrons. The van der Waals surface area contributed by atoms with Crippen LogP contribution in [-0.2, 0) is 25.4 Å². The van der Waals surface area contributed by atoms with E-state index in [1.165, 1.54) is 0 Å². The molecule has 3 heterocycles. The monoisotopic (exact) mass is 621 g/mol. The number of amides is 1. The second-order valence-corrected chi connectivity index (χ2v) is 14.8. The molecule has 2 spiro atoms. The van der Waals surface area contributed by atoms with Crippen LogP contribution in [0, 0.1) is 28.6 Å². The molecule has 1 unspecified atom stereocenters. The van der Waals surface area contributed by atoms with Gasteiger partial charge in [0.25, 0.3) is 5.91 Å². The van der Waals surface area contributed by atoms with Crippen molar-refractivity contribution in [2.24, 2.45) is 28.6 Å². The zero-order valence-corrected chi connectivity index (χ0v) is 26.8. The van der Waals surface area contributed by atoms with Crippen molar-refractivity contribution >= 4 is 12.0 Å². The first kappa shape index (κ1) is 29.8. The number of nitrogens with zero attached hydrogens (tertiary/aromatic N) is 3. The van der Waals surface area contributed by atoms with Gasteiger partial charge in [0.05, 0.1) is 23.7 Å². The summed E-state index contributed by atoms with van der Waals surface area (Å²) in [6.45, 7) is 9.40. The van der Waals surface area contributed by atoms with Gasteiger partial charge >= 0.3 is 0 Å². The van der Waals surface area contributed by atoms with Gasteiger partial charge in [0.1, 0.15) is 17.9 Å². The third kappa shape index (κ3) is 3.50. The molecule has 1 aromatic carbocycles. The van der Waals surface area contributed by atoms with E-state index in [9.17, 15) is 9.90 Å². The predicted octanol–water partition coefficient (Wildman–Crippen LogP) is 4.90. The SMILES string of the molecule is CCN(C)C(=O)c1cccc(-n2ncc3c2C=C2CC[C@H]4[C@@H]5C[C@H](C)[C@@]6(OCOC67COCO7)[C@@]5(C)C[C@H](O)[C@]4(F)[C@@]2(C)C3)c1. The molecular weight excluding hydrogens is 577 g/mol. The van der Waals surface area contributed by atoms with Crippen molar-refractivity contribution in [2.75, 3.05) is 33.8 Å². The lowest BCUT2D eigenvalue weighted by Crippen LogP contribution is -2.72. The number of ether oxygens (including phenoxy) is 4. The van der Waals surface area contributed by atoms with Gasteiger partial charge in [-0.15, -0.1) is 0 Å². The second-order valence-electron chi connectivity index (χ2n) is 14.8. The van der Waals surface area contributed by atoms with Crippen LogP contribution in [-0.4, -0.2) is 82.6 Å². The van der Waals surface area contributed by atoms with E-state index in [0.29, 0.717) is 24.9 Å². The molecular formula is C35H44FN3O6. The van der Waals surface area contributed by atoms with Crippen LogP contribution in [0.25, 0.3) is 11.8 Å². The van der Waals surface area contributed by atoms with E-state index in [-0.39, 0.29) is 50.3 Å². The van der Waals surface area contributed by atoms with Crippen molar-refractivity contribution in [3.05, 3.63) is 52.9 Å². The lowest BCUT2D eigenvalue weighted by atomic mass is 9.43. The summed E-state index contributed by atoms with van der Waals surface area (Å²) >= 11 is 0. The molecule has 8 rings (SSSR count). The van der Waals surface area contributed by atoms with E-state index in [1.54, 1.807) is 11.9 Å². The number of alkyl halides is 1. The largest absolute Gasteiger partial charge is 0.390 e. The molecule has 3 saturated carbocycles. The third-order valence-corrected chi connectivity index (χ3v) is 13.1. The van der Waals surface area contributed by atoms with E-state index < -0.39 is 34.0 Å². The van der Waals surface area contributed by atoms with Gasteiger partial charge in [-0.05, 0) is 80.7 Å². The zero-order valence-electron chi connectivity index (χ0n) is 26.8. The van der Waals surface area contributed by atoms with E-state index in [2.05, 4.69) is 19.9 Å². The minimum absolute atomic E-state index is 0.0206. The molecule has 10 heteroatoms. The normalized spacial score (nSPS) is 43.1. The van der Waals surface area contributed by atoms with E-state index in [4.69, 9.17) is 24.0 Å². The Labute approximate surface area is 263 Å². The number of rotatable bonds is 3. The highest BCUT2D eigenvalue weighted by Gasteiger charge is 2.81. The molecule has 1 N–H and O–H groups in total. The summed E-state index contributed by atoms with van der Waals surface area (Å²) in [7, 11) is 1.79. The Hall–Kier alpha value is -2.63. The van der Waals surface area contributed by atoms with Gasteiger partial charge in [0, 0.05) is 35.9 Å². The van der Waals surface area contributed by atoms with Gasteiger partial charge in [0.15, 0.2) is 13.6 Å². The van der Waals surface area contributed by atoms with Gasteiger partial charge in [-0.3, -0.25) is 4.79 Å². The van der Waals surface area contributed by atoms with Crippen LogP contribution in [0.2, 0.25) is 0 Å². The fourth-order valence-electron chi connectivity index (χ4n) is 10.9. The fourth-order valence-corrected chi connectivity index (χ4v) is 10.9. The van der Waals surface area contributed by atoms with Crippen molar-refractivity contribution in [3.8, 4) is 5.69 Å². The first-order valence-electron chi connectivity index (χ1n) is 16.5. The van der Waals surface area contributed by atoms with Gasteiger partial charge in [0.2, 0.25) is 5.79 Å². The number of carbonyl (C=O) groups excluding carboxylic acids is 1. The Morgan fingerprint density at radius 2 is 2.00 bits per heavy atom. The number of allylic oxidation sites excluding steroid dienone is 1. The number of hydrogen-bond donors (Lipinski definition) is 1. The lowest BCUT2D eigenvalue weighted by molar-refractivity contribution is -0.279. The number of halogens is 1. The summed E-state index contributed by atoms with van der Waals surface area (Å²) in [4.78, 5) is 14.6. The minimum Gasteiger partial charge on any atom is -0.390 e. The maximum absolute atomic E-state index is 18.3. The summed E-state index contributed by atoms with van der Waals surface area (Å²) < 4.78 is 44.7. The molecule has 0 radical (unpaired) electrons. The molecule has 0 bridgehead atoms. The Bertz CT molecular complexity index is 1580. The number of aliphatic hydroxyl groups is 1. The predicted molar refractivity (Wildman–Crippen MR) is 163 cm³/mol. The zero-order chi connectivity index (χ0) is 31.6. The average molecular weight is 622 g/mol. The summed E-state index contributed by atoms with van der Waals surface area (Å²) in [5.74, 6) is -1.43. The van der Waals surface area contributed by atoms with Gasteiger partial charge in [-0.25, -0.2) is 9.07 Å². The number of fused-ring (bicyclic) bond motifs is 8. The first-order valence-corrected chi connectivity index (χ1v) is 16.5. The van der Waals surface area contributed by atoms with Crippen LogP contribution < -0.4 is 0 Å². The Morgan fingerprint density at radius 3 is 2.76 bits per heavy atom. The highest BCUT2D eigenvalue weighted by Crippen LogP contribution is 2.74. The molecule has 5 fully saturated rings. The van der Waals surface area contributed by atoms with Crippen LogP contribution in [0.1, 0.15) is 75.0 Å². The number of aliphatic hydroxyl groups excluding tert-OH is 1. The summed E-state index contributed by atoms with van der Waals surface area (Å²) in [6, 6.07) is 7.50. The van der Waals surface area contributed by atoms with Crippen LogP contribution in [0.3, 0.4) is 0 Å². The van der Waals surface area contributed by atoms with Crippen molar-refractivity contribution in [3.63, 3.8) is 0 Å². The van der Waals surface area contributed by atoms with Crippen LogP contribution in [0.15, 0.2) is 36.0 Å². The number of carbonyl (C=O) groups is 1. The topological polar surface area (TPSA) is 95.3 Å². The highest BCUT2D eigenvalue weighted by molar-refractivity contribution is 5.94. The van der Waals surface area contributed by atoms with Crippen molar-refractivity contribution in [2.45, 2.75) is 83.0 Å².